The van der Waals surface area contributed by atoms with Crippen LogP contribution in [0, 0.1) is 5.41 Å². The molecule has 1 aliphatic heterocycles. The van der Waals surface area contributed by atoms with Gasteiger partial charge in [-0.15, -0.1) is 11.3 Å². The predicted octanol–water partition coefficient (Wildman–Crippen LogP) is 4.25. The zero-order valence-electron chi connectivity index (χ0n) is 20.1. The Bertz CT molecular complexity index is 1560. The van der Waals surface area contributed by atoms with E-state index in [0.717, 1.165) is 21.9 Å². The summed E-state index contributed by atoms with van der Waals surface area (Å²) in [5.41, 5.74) is 7.29. The van der Waals surface area contributed by atoms with Gasteiger partial charge in [0.05, 0.1) is 16.9 Å². The second-order valence-electron chi connectivity index (χ2n) is 8.85. The van der Waals surface area contributed by atoms with Gasteiger partial charge in [0.1, 0.15) is 17.6 Å². The fourth-order valence-electron chi connectivity index (χ4n) is 4.52. The van der Waals surface area contributed by atoms with Gasteiger partial charge in [0.15, 0.2) is 0 Å². The van der Waals surface area contributed by atoms with E-state index < -0.39 is 16.1 Å². The molecule has 0 saturated carbocycles. The first kappa shape index (κ1) is 25.4. The summed E-state index contributed by atoms with van der Waals surface area (Å²) in [6.45, 7) is 0.902. The van der Waals surface area contributed by atoms with Crippen molar-refractivity contribution in [3.63, 3.8) is 0 Å². The molecule has 4 aromatic rings. The van der Waals surface area contributed by atoms with Gasteiger partial charge in [-0.3, -0.25) is 10.2 Å². The van der Waals surface area contributed by atoms with Gasteiger partial charge in [0.25, 0.3) is 0 Å². The summed E-state index contributed by atoms with van der Waals surface area (Å²) in [6, 6.07) is 13.4. The van der Waals surface area contributed by atoms with Gasteiger partial charge in [-0.2, -0.15) is 15.6 Å². The van der Waals surface area contributed by atoms with Crippen molar-refractivity contribution in [1.29, 1.82) is 5.41 Å². The highest BCUT2D eigenvalue weighted by molar-refractivity contribution is 7.89. The molecule has 0 aliphatic carbocycles. The highest BCUT2D eigenvalue weighted by Crippen LogP contribution is 2.31. The number of hydrogen-bond donors (Lipinski definition) is 2. The second kappa shape index (κ2) is 10.3. The Hall–Kier alpha value is -3.25. The number of amides is 1. The van der Waals surface area contributed by atoms with Crippen molar-refractivity contribution >= 4 is 55.2 Å². The number of carbonyl (C=O) groups excluding carboxylic acids is 1. The van der Waals surface area contributed by atoms with Gasteiger partial charge in [0.2, 0.25) is 15.9 Å². The van der Waals surface area contributed by atoms with Crippen molar-refractivity contribution in [3.8, 4) is 5.75 Å². The van der Waals surface area contributed by atoms with Crippen LogP contribution in [0.25, 0.3) is 10.8 Å². The van der Waals surface area contributed by atoms with E-state index in [1.165, 1.54) is 27.0 Å². The largest absolute Gasteiger partial charge is 0.497 e. The molecule has 192 valence electrons. The first-order valence-electron chi connectivity index (χ1n) is 11.6. The minimum atomic E-state index is -4.00. The summed E-state index contributed by atoms with van der Waals surface area (Å²) in [6.07, 6.45) is 0.396. The maximum Gasteiger partial charge on any atom is 0.244 e. The van der Waals surface area contributed by atoms with E-state index in [1.54, 1.807) is 42.3 Å². The van der Waals surface area contributed by atoms with Crippen LogP contribution in [0.2, 0.25) is 0 Å². The molecule has 11 heteroatoms. The Morgan fingerprint density at radius 1 is 1.14 bits per heavy atom. The zero-order valence-corrected chi connectivity index (χ0v) is 22.5. The van der Waals surface area contributed by atoms with Gasteiger partial charge in [0, 0.05) is 19.6 Å². The smallest absolute Gasteiger partial charge is 0.244 e. The minimum Gasteiger partial charge on any atom is -0.497 e. The third kappa shape index (κ3) is 5.12. The zero-order chi connectivity index (χ0) is 26.2. The summed E-state index contributed by atoms with van der Waals surface area (Å²) < 4.78 is 34.7. The van der Waals surface area contributed by atoms with Gasteiger partial charge in [-0.05, 0) is 80.9 Å². The number of benzene rings is 2. The fraction of sp³-hybridized carbons (Fsp3) is 0.231. The molecule has 0 radical (unpaired) electrons. The molecule has 2 aromatic carbocycles. The molecule has 1 aliphatic rings. The van der Waals surface area contributed by atoms with E-state index in [-0.39, 0.29) is 23.2 Å². The molecule has 1 fully saturated rings. The van der Waals surface area contributed by atoms with Gasteiger partial charge in [-0.1, -0.05) is 12.1 Å². The van der Waals surface area contributed by atoms with Crippen LogP contribution in [-0.4, -0.2) is 49.1 Å². The molecule has 0 unspecified atom stereocenters. The van der Waals surface area contributed by atoms with Crippen LogP contribution in [0.15, 0.2) is 69.6 Å². The molecule has 5 rings (SSSR count). The minimum absolute atomic E-state index is 0.0112. The van der Waals surface area contributed by atoms with Crippen LogP contribution < -0.4 is 10.5 Å². The molecule has 1 atom stereocenters. The monoisotopic (exact) mass is 554 g/mol. The number of fused-ring (bicyclic) bond motifs is 1. The van der Waals surface area contributed by atoms with E-state index >= 15 is 0 Å². The van der Waals surface area contributed by atoms with E-state index in [4.69, 9.17) is 15.9 Å². The lowest BCUT2D eigenvalue weighted by Gasteiger charge is -2.27. The predicted molar refractivity (Wildman–Crippen MR) is 147 cm³/mol. The summed E-state index contributed by atoms with van der Waals surface area (Å²) in [4.78, 5) is 16.0. The number of rotatable bonds is 9. The second-order valence-corrected chi connectivity index (χ2v) is 12.4. The molecule has 8 nitrogen and oxygen atoms in total. The van der Waals surface area contributed by atoms with Crippen molar-refractivity contribution in [1.82, 2.24) is 9.21 Å². The Labute approximate surface area is 223 Å². The summed E-state index contributed by atoms with van der Waals surface area (Å²) in [5.74, 6) is 0.403. The maximum atomic E-state index is 14.0. The van der Waals surface area contributed by atoms with Crippen molar-refractivity contribution < 1.29 is 17.9 Å². The van der Waals surface area contributed by atoms with E-state index in [2.05, 4.69) is 0 Å². The van der Waals surface area contributed by atoms with Crippen molar-refractivity contribution in [3.05, 3.63) is 80.7 Å². The van der Waals surface area contributed by atoms with Crippen molar-refractivity contribution in [2.45, 2.75) is 30.4 Å². The molecule has 1 amide bonds. The average Bonchev–Trinajstić information content (AvgIpc) is 3.65. The number of ether oxygens (including phenoxy) is 1. The topological polar surface area (TPSA) is 117 Å². The average molecular weight is 555 g/mol. The molecule has 3 N–H and O–H groups in total. The summed E-state index contributed by atoms with van der Waals surface area (Å²) in [5, 5.41) is 14.9. The molecule has 3 heterocycles. The summed E-state index contributed by atoms with van der Waals surface area (Å²) >= 11 is 2.84. The standard InChI is InChI=1S/C26H26N4O4S3/c1-34-21-4-2-19-3-5-22(12-20(19)11-21)37(32,33)30(14-17-7-9-35-15-17)23-6-8-29(26(23)31)13-18-10-24(25(27)28)36-16-18/h2-5,7,9-12,15-16,23H,6,8,13-14H2,1H3,(H3,27,28)/t23-/m1/s1. The van der Waals surface area contributed by atoms with Crippen molar-refractivity contribution in [2.24, 2.45) is 5.73 Å². The lowest BCUT2D eigenvalue weighted by Crippen LogP contribution is -2.44. The molecular weight excluding hydrogens is 529 g/mol. The van der Waals surface area contributed by atoms with E-state index in [9.17, 15) is 13.2 Å². The fourth-order valence-corrected chi connectivity index (χ4v) is 7.58. The quantitative estimate of drug-likeness (QED) is 0.237. The van der Waals surface area contributed by atoms with Crippen LogP contribution in [0.5, 0.6) is 5.75 Å². The number of thiophene rings is 2. The Morgan fingerprint density at radius 2 is 1.95 bits per heavy atom. The normalized spacial score (nSPS) is 16.1. The number of sulfonamides is 1. The summed E-state index contributed by atoms with van der Waals surface area (Å²) in [7, 11) is -2.43. The Morgan fingerprint density at radius 3 is 2.65 bits per heavy atom. The third-order valence-electron chi connectivity index (χ3n) is 6.45. The number of carbonyl (C=O) groups is 1. The Kier molecular flexibility index (Phi) is 7.04. The highest BCUT2D eigenvalue weighted by Gasteiger charge is 2.42. The number of amidine groups is 1. The van der Waals surface area contributed by atoms with Crippen LogP contribution in [0.3, 0.4) is 0 Å². The number of nitrogens with one attached hydrogen (secondary N) is 1. The van der Waals surface area contributed by atoms with Crippen molar-refractivity contribution in [2.75, 3.05) is 13.7 Å². The lowest BCUT2D eigenvalue weighted by molar-refractivity contribution is -0.131. The lowest BCUT2D eigenvalue weighted by atomic mass is 10.1. The number of likely N-dealkylation sites (tertiary alicyclic amines) is 1. The molecule has 37 heavy (non-hydrogen) atoms. The van der Waals surface area contributed by atoms with Gasteiger partial charge in [-0.25, -0.2) is 8.42 Å². The maximum absolute atomic E-state index is 14.0. The van der Waals surface area contributed by atoms with Crippen LogP contribution in [0.1, 0.15) is 22.4 Å². The number of nitrogen functional groups attached to an aromatic ring is 1. The molecular formula is C26H26N4O4S3. The number of nitrogens with zero attached hydrogens (tertiary/aromatic N) is 2. The number of hydrogen-bond acceptors (Lipinski definition) is 7. The van der Waals surface area contributed by atoms with Gasteiger partial charge >= 0.3 is 0 Å². The highest BCUT2D eigenvalue weighted by atomic mass is 32.2. The number of nitrogens with two attached hydrogens (primary N) is 1. The molecule has 0 bridgehead atoms. The van der Waals surface area contributed by atoms with Crippen LogP contribution >= 0.6 is 22.7 Å². The molecule has 1 saturated heterocycles. The van der Waals surface area contributed by atoms with E-state index in [0.29, 0.717) is 30.1 Å². The first-order valence-corrected chi connectivity index (χ1v) is 14.8. The first-order chi connectivity index (χ1) is 17.8. The van der Waals surface area contributed by atoms with Crippen LogP contribution in [0.4, 0.5) is 0 Å². The van der Waals surface area contributed by atoms with Crippen LogP contribution in [-0.2, 0) is 27.9 Å². The van der Waals surface area contributed by atoms with E-state index in [1.807, 2.05) is 34.3 Å². The third-order valence-corrected chi connectivity index (χ3v) is 10.0. The van der Waals surface area contributed by atoms with Gasteiger partial charge < -0.3 is 15.4 Å². The molecule has 0 spiro atoms. The SMILES string of the molecule is COc1ccc2ccc(S(=O)(=O)N(Cc3ccsc3)[C@@H]3CCN(Cc4csc(C(=N)N)c4)C3=O)cc2c1. The number of methoxy groups -OCH3 is 1. The molecule has 2 aromatic heterocycles. The Balaban J connectivity index is 1.46.